The first-order valence-electron chi connectivity index (χ1n) is 10.8. The lowest BCUT2D eigenvalue weighted by molar-refractivity contribution is -0.605. The first kappa shape index (κ1) is 24.0. The smallest absolute Gasteiger partial charge is 0.268 e. The van der Waals surface area contributed by atoms with E-state index in [1.807, 2.05) is 32.0 Å². The highest BCUT2D eigenvalue weighted by Gasteiger charge is 2.36. The molecule has 34 heavy (non-hydrogen) atoms. The molecule has 9 heteroatoms. The van der Waals surface area contributed by atoms with Crippen LogP contribution >= 0.6 is 19.0 Å². The number of amides is 1. The number of hydrogen-bond acceptors (Lipinski definition) is 4. The van der Waals surface area contributed by atoms with Crippen LogP contribution in [-0.4, -0.2) is 18.0 Å². The van der Waals surface area contributed by atoms with Crippen molar-refractivity contribution in [2.24, 2.45) is 0 Å². The van der Waals surface area contributed by atoms with Crippen LogP contribution in [0.2, 0.25) is 5.02 Å². The second kappa shape index (κ2) is 9.63. The highest BCUT2D eigenvalue weighted by atomic mass is 35.5. The Kier molecular flexibility index (Phi) is 6.80. The van der Waals surface area contributed by atoms with E-state index in [4.69, 9.17) is 16.1 Å². The lowest BCUT2D eigenvalue weighted by atomic mass is 10.1. The van der Waals surface area contributed by atoms with Crippen LogP contribution in [0.25, 0.3) is 10.9 Å². The Hall–Kier alpha value is -3.12. The number of hydrogen-bond donors (Lipinski definition) is 2. The van der Waals surface area contributed by atoms with Crippen molar-refractivity contribution < 1.29 is 18.6 Å². The number of benzene rings is 2. The summed E-state index contributed by atoms with van der Waals surface area (Å²) in [5.74, 6) is -0.468. The van der Waals surface area contributed by atoms with Gasteiger partial charge in [0.05, 0.1) is 5.30 Å². The van der Waals surface area contributed by atoms with Crippen molar-refractivity contribution in [3.05, 3.63) is 93.5 Å². The van der Waals surface area contributed by atoms with E-state index in [9.17, 15) is 14.6 Å². The number of halogens is 1. The molecule has 7 nitrogen and oxygen atoms in total. The fraction of sp³-hybridized carbons (Fsp3) is 0.200. The first-order chi connectivity index (χ1) is 16.2. The van der Waals surface area contributed by atoms with Gasteiger partial charge in [0.1, 0.15) is 5.69 Å². The Morgan fingerprint density at radius 1 is 1.21 bits per heavy atom. The molecule has 0 aliphatic carbocycles. The summed E-state index contributed by atoms with van der Waals surface area (Å²) >= 11 is 6.27. The van der Waals surface area contributed by atoms with Gasteiger partial charge in [-0.3, -0.25) is 9.36 Å². The van der Waals surface area contributed by atoms with E-state index in [0.29, 0.717) is 31.5 Å². The highest BCUT2D eigenvalue weighted by Crippen LogP contribution is 2.47. The molecule has 2 heterocycles. The minimum Gasteiger partial charge on any atom is -0.619 e. The largest absolute Gasteiger partial charge is 0.619 e. The van der Waals surface area contributed by atoms with Crippen LogP contribution in [0.15, 0.2) is 60.9 Å². The number of rotatable bonds is 7. The summed E-state index contributed by atoms with van der Waals surface area (Å²) in [6.07, 6.45) is 3.51. The lowest BCUT2D eigenvalue weighted by Gasteiger charge is -2.19. The monoisotopic (exact) mass is 497 g/mol. The number of nitrogens with zero attached hydrogens (tertiary/aromatic N) is 1. The molecule has 0 saturated heterocycles. The number of aromatic amines is 1. The number of pyridine rings is 1. The zero-order valence-electron chi connectivity index (χ0n) is 19.1. The van der Waals surface area contributed by atoms with Gasteiger partial charge in [-0.1, -0.05) is 30.2 Å². The zero-order valence-corrected chi connectivity index (χ0v) is 20.7. The van der Waals surface area contributed by atoms with Crippen LogP contribution in [0.4, 0.5) is 0 Å². The lowest BCUT2D eigenvalue weighted by Crippen LogP contribution is -2.31. The van der Waals surface area contributed by atoms with Gasteiger partial charge in [0, 0.05) is 46.5 Å². The molecule has 0 radical (unpaired) electrons. The maximum atomic E-state index is 14.5. The van der Waals surface area contributed by atoms with Crippen molar-refractivity contribution in [1.29, 1.82) is 0 Å². The van der Waals surface area contributed by atoms with E-state index in [1.54, 1.807) is 30.3 Å². The Morgan fingerprint density at radius 2 is 2.00 bits per heavy atom. The summed E-state index contributed by atoms with van der Waals surface area (Å²) in [6, 6.07) is 14.2. The number of nitrogens with one attached hydrogen (secondary N) is 2. The van der Waals surface area contributed by atoms with Gasteiger partial charge < -0.3 is 20.0 Å². The normalized spacial score (nSPS) is 13.1. The second-order valence-electron chi connectivity index (χ2n) is 8.06. The van der Waals surface area contributed by atoms with Gasteiger partial charge in [-0.05, 0) is 55.3 Å². The Bertz CT molecular complexity index is 1430. The Morgan fingerprint density at radius 3 is 2.71 bits per heavy atom. The van der Waals surface area contributed by atoms with Gasteiger partial charge in [-0.15, -0.1) is 0 Å². The SMILES string of the molecule is CCc1cc(C)cc(P(=O)(OC)c2c(C(=O)NCc3ccc[n+]([O-])c3)[nH]c3ccc(Cl)cc23)c1. The van der Waals surface area contributed by atoms with Crippen LogP contribution in [0.5, 0.6) is 0 Å². The summed E-state index contributed by atoms with van der Waals surface area (Å²) in [5, 5.41) is 16.1. The number of carbonyl (C=O) groups is 1. The molecule has 0 aliphatic rings. The average molecular weight is 498 g/mol. The fourth-order valence-electron chi connectivity index (χ4n) is 4.04. The minimum absolute atomic E-state index is 0.124. The molecule has 2 aromatic heterocycles. The molecule has 2 aromatic carbocycles. The van der Waals surface area contributed by atoms with Gasteiger partial charge in [0.25, 0.3) is 13.3 Å². The summed E-state index contributed by atoms with van der Waals surface area (Å²) in [7, 11) is -2.30. The van der Waals surface area contributed by atoms with Gasteiger partial charge in [0.2, 0.25) is 0 Å². The molecule has 0 bridgehead atoms. The maximum absolute atomic E-state index is 14.5. The highest BCUT2D eigenvalue weighted by molar-refractivity contribution is 7.75. The van der Waals surface area contributed by atoms with Gasteiger partial charge >= 0.3 is 0 Å². The number of fused-ring (bicyclic) bond motifs is 1. The third-order valence-corrected chi connectivity index (χ3v) is 8.41. The van der Waals surface area contributed by atoms with Gasteiger partial charge in [-0.25, -0.2) is 0 Å². The topological polar surface area (TPSA) is 98.1 Å². The minimum atomic E-state index is -3.69. The molecule has 4 aromatic rings. The van der Waals surface area contributed by atoms with Crippen LogP contribution in [0.1, 0.15) is 34.1 Å². The van der Waals surface area contributed by atoms with E-state index in [2.05, 4.69) is 10.3 Å². The van der Waals surface area contributed by atoms with Crippen LogP contribution < -0.4 is 20.7 Å². The molecular weight excluding hydrogens is 473 g/mol. The van der Waals surface area contributed by atoms with Crippen LogP contribution in [0, 0.1) is 12.1 Å². The van der Waals surface area contributed by atoms with Gasteiger partial charge in [-0.2, -0.15) is 4.73 Å². The summed E-state index contributed by atoms with van der Waals surface area (Å²) in [6.45, 7) is 4.08. The molecule has 1 atom stereocenters. The quantitative estimate of drug-likeness (QED) is 0.228. The number of carbonyl (C=O) groups excluding carboxylic acids is 1. The van der Waals surface area contributed by atoms with E-state index in [0.717, 1.165) is 17.5 Å². The molecule has 0 aliphatic heterocycles. The maximum Gasteiger partial charge on any atom is 0.268 e. The Balaban J connectivity index is 1.86. The molecular formula is C25H25ClN3O4P. The molecule has 0 spiro atoms. The van der Waals surface area contributed by atoms with E-state index < -0.39 is 13.3 Å². The van der Waals surface area contributed by atoms with Crippen LogP contribution in [0.3, 0.4) is 0 Å². The number of aryl methyl sites for hydroxylation is 2. The fourth-order valence-corrected chi connectivity index (χ4v) is 6.52. The van der Waals surface area contributed by atoms with Crippen molar-refractivity contribution >= 4 is 46.4 Å². The summed E-state index contributed by atoms with van der Waals surface area (Å²) in [4.78, 5) is 16.4. The predicted octanol–water partition coefficient (Wildman–Crippen LogP) is 4.13. The van der Waals surface area contributed by atoms with Crippen molar-refractivity contribution in [1.82, 2.24) is 10.3 Å². The summed E-state index contributed by atoms with van der Waals surface area (Å²) in [5.41, 5.74) is 3.35. The van der Waals surface area contributed by atoms with Crippen molar-refractivity contribution in [2.75, 3.05) is 7.11 Å². The molecule has 176 valence electrons. The average Bonchev–Trinajstić information content (AvgIpc) is 3.21. The molecule has 1 unspecified atom stereocenters. The van der Waals surface area contributed by atoms with Crippen molar-refractivity contribution in [3.8, 4) is 0 Å². The third kappa shape index (κ3) is 4.60. The molecule has 0 saturated carbocycles. The standard InChI is InChI=1S/C25H25ClN3O4P/c1-4-17-10-16(2)11-20(12-17)34(32,33-3)24-21-13-19(26)7-8-22(21)28-23(24)25(30)27-14-18-6-5-9-29(31)15-18/h5-13,15,28H,4,14H2,1-3H3,(H,27,30). The summed E-state index contributed by atoms with van der Waals surface area (Å²) < 4.78 is 20.9. The third-order valence-electron chi connectivity index (χ3n) is 5.67. The van der Waals surface area contributed by atoms with E-state index in [1.165, 1.54) is 19.5 Å². The van der Waals surface area contributed by atoms with Crippen LogP contribution in [-0.2, 0) is 22.1 Å². The first-order valence-corrected chi connectivity index (χ1v) is 12.8. The van der Waals surface area contributed by atoms with E-state index >= 15 is 0 Å². The van der Waals surface area contributed by atoms with E-state index in [-0.39, 0.29) is 17.5 Å². The second-order valence-corrected chi connectivity index (χ2v) is 10.9. The molecule has 2 N–H and O–H groups in total. The molecule has 1 amide bonds. The predicted molar refractivity (Wildman–Crippen MR) is 134 cm³/mol. The van der Waals surface area contributed by atoms with Gasteiger partial charge in [0.15, 0.2) is 12.4 Å². The zero-order chi connectivity index (χ0) is 24.5. The number of aromatic nitrogens is 2. The van der Waals surface area contributed by atoms with Crippen molar-refractivity contribution in [3.63, 3.8) is 0 Å². The Labute approximate surface area is 202 Å². The molecule has 0 fully saturated rings. The van der Waals surface area contributed by atoms with Crippen molar-refractivity contribution in [2.45, 2.75) is 26.8 Å². The number of H-pyrrole nitrogens is 1. The molecule has 4 rings (SSSR count).